The lowest BCUT2D eigenvalue weighted by atomic mass is 9.44. The van der Waals surface area contributed by atoms with Crippen LogP contribution >= 0.6 is 0 Å². The number of methoxy groups -OCH3 is 1. The highest BCUT2D eigenvalue weighted by Gasteiger charge is 2.75. The first kappa shape index (κ1) is 32.3. The first-order valence-electron chi connectivity index (χ1n) is 13.6. The van der Waals surface area contributed by atoms with E-state index >= 15 is 4.39 Å². The van der Waals surface area contributed by atoms with E-state index in [2.05, 4.69) is 10.5 Å². The lowest BCUT2D eigenvalue weighted by Crippen LogP contribution is -2.69. The van der Waals surface area contributed by atoms with Crippen molar-refractivity contribution in [1.29, 1.82) is 0 Å². The van der Waals surface area contributed by atoms with Gasteiger partial charge in [0.05, 0.1) is 31.6 Å². The molecule has 11 heteroatoms. The Hall–Kier alpha value is -2.18. The molecule has 0 unspecified atom stereocenters. The quantitative estimate of drug-likeness (QED) is 0.245. The smallest absolute Gasteiger partial charge is 0.427 e. The van der Waals surface area contributed by atoms with Crippen LogP contribution in [0.1, 0.15) is 53.9 Å². The third-order valence-electron chi connectivity index (χ3n) is 9.97. The van der Waals surface area contributed by atoms with E-state index in [0.29, 0.717) is 38.2 Å². The predicted octanol–water partition coefficient (Wildman–Crippen LogP) is 2.71. The summed E-state index contributed by atoms with van der Waals surface area (Å²) in [5.74, 6) is -2.10. The summed E-state index contributed by atoms with van der Waals surface area (Å²) >= 11 is 0. The molecule has 0 aliphatic heterocycles. The Morgan fingerprint density at radius 3 is 2.58 bits per heavy atom. The van der Waals surface area contributed by atoms with E-state index in [1.54, 1.807) is 46.1 Å². The Bertz CT molecular complexity index is 1060. The van der Waals surface area contributed by atoms with E-state index in [-0.39, 0.29) is 33.0 Å². The number of alkyl halides is 1. The maximum absolute atomic E-state index is 17.4. The number of allylic oxidation sites excluding steroid dienone is 4. The number of nitrogens with zero attached hydrogens (tertiary/aromatic N) is 1. The van der Waals surface area contributed by atoms with Gasteiger partial charge < -0.3 is 29.5 Å². The number of amides is 1. The number of Topliss-reactive ketones (excluding diaryl/α,β-unsaturated/α-hetero) is 1. The highest BCUT2D eigenvalue weighted by molar-refractivity contribution is 6.06. The van der Waals surface area contributed by atoms with Crippen LogP contribution in [0.2, 0.25) is 0 Å². The Labute approximate surface area is 235 Å². The molecule has 4 aliphatic carbocycles. The Morgan fingerprint density at radius 1 is 1.20 bits per heavy atom. The average molecular weight is 569 g/mol. The van der Waals surface area contributed by atoms with E-state index < -0.39 is 58.5 Å². The Kier molecular flexibility index (Phi) is 9.68. The van der Waals surface area contributed by atoms with Gasteiger partial charge in [-0.05, 0) is 56.6 Å². The molecule has 3 fully saturated rings. The molecule has 40 heavy (non-hydrogen) atoms. The summed E-state index contributed by atoms with van der Waals surface area (Å²) < 4.78 is 32.5. The van der Waals surface area contributed by atoms with Gasteiger partial charge in [0.25, 0.3) is 0 Å². The van der Waals surface area contributed by atoms with Gasteiger partial charge in [-0.15, -0.1) is 0 Å². The van der Waals surface area contributed by atoms with Gasteiger partial charge in [0.1, 0.15) is 18.8 Å². The van der Waals surface area contributed by atoms with Crippen molar-refractivity contribution in [2.24, 2.45) is 33.7 Å². The van der Waals surface area contributed by atoms with Crippen molar-refractivity contribution in [2.75, 3.05) is 40.1 Å². The zero-order valence-corrected chi connectivity index (χ0v) is 23.1. The first-order chi connectivity index (χ1) is 18.4. The van der Waals surface area contributed by atoms with Crippen molar-refractivity contribution >= 4 is 17.6 Å². The average Bonchev–Trinajstić information content (AvgIpc) is 3.11. The third kappa shape index (κ3) is 4.83. The number of nitrogens with one attached hydrogen (secondary N) is 1. The van der Waals surface area contributed by atoms with Gasteiger partial charge in [0, 0.05) is 23.9 Å². The van der Waals surface area contributed by atoms with E-state index in [1.807, 2.05) is 0 Å². The Balaban J connectivity index is 0.00000441. The largest absolute Gasteiger partial charge is 0.446 e. The number of carbonyl (C=O) groups excluding carboxylic acids is 2. The number of aliphatic hydroxyl groups excluding tert-OH is 2. The standard InChI is InChI=1S/C28H41FN2O8.CH4/c1-17-13-21-20-6-5-18-14-19(30-31-24(35)39-12-11-38-10-9-37-4)7-8-25(18,2)27(20,29)22(33)15-26(21,3)28(17,36)23(34)16-32;/h7-8,14,17,20-22,32-33,36H,5-6,9-13,15-16H2,1-4H3,(H,31,35);1H4/b30-19+;/t17-,20+,21+,22+,25+,26+,27+,28+;/m1./s1. The van der Waals surface area contributed by atoms with Crippen molar-refractivity contribution in [3.05, 3.63) is 23.8 Å². The summed E-state index contributed by atoms with van der Waals surface area (Å²) in [7, 11) is 1.56. The molecule has 4 N–H and O–H groups in total. The van der Waals surface area contributed by atoms with Crippen molar-refractivity contribution in [1.82, 2.24) is 5.43 Å². The normalized spacial score (nSPS) is 40.8. The summed E-state index contributed by atoms with van der Waals surface area (Å²) in [6.07, 6.45) is 4.13. The van der Waals surface area contributed by atoms with Crippen LogP contribution < -0.4 is 5.43 Å². The van der Waals surface area contributed by atoms with Gasteiger partial charge in [-0.1, -0.05) is 32.9 Å². The molecule has 0 radical (unpaired) electrons. The molecule has 0 aromatic carbocycles. The summed E-state index contributed by atoms with van der Waals surface area (Å²) in [6, 6.07) is 0. The van der Waals surface area contributed by atoms with Gasteiger partial charge in [-0.2, -0.15) is 5.10 Å². The second-order valence-corrected chi connectivity index (χ2v) is 11.7. The highest BCUT2D eigenvalue weighted by atomic mass is 19.1. The molecule has 0 spiro atoms. The topological polar surface area (TPSA) is 147 Å². The molecule has 0 heterocycles. The number of ether oxygens (including phenoxy) is 3. The fourth-order valence-corrected chi connectivity index (χ4v) is 7.92. The predicted molar refractivity (Wildman–Crippen MR) is 146 cm³/mol. The minimum Gasteiger partial charge on any atom is -0.446 e. The molecule has 4 aliphatic rings. The van der Waals surface area contributed by atoms with Gasteiger partial charge >= 0.3 is 6.09 Å². The number of rotatable bonds is 9. The molecule has 0 saturated heterocycles. The van der Waals surface area contributed by atoms with E-state index in [0.717, 1.165) is 5.57 Å². The fourth-order valence-electron chi connectivity index (χ4n) is 7.92. The second-order valence-electron chi connectivity index (χ2n) is 11.7. The van der Waals surface area contributed by atoms with Crippen molar-refractivity contribution in [3.8, 4) is 0 Å². The number of hydrogen-bond acceptors (Lipinski definition) is 9. The molecule has 1 amide bonds. The molecule has 8 atom stereocenters. The van der Waals surface area contributed by atoms with E-state index in [9.17, 15) is 24.9 Å². The Morgan fingerprint density at radius 2 is 1.90 bits per heavy atom. The van der Waals surface area contributed by atoms with Crippen LogP contribution in [0.15, 0.2) is 28.9 Å². The van der Waals surface area contributed by atoms with Crippen LogP contribution in [0, 0.1) is 28.6 Å². The minimum absolute atomic E-state index is 0. The molecule has 0 aromatic rings. The highest BCUT2D eigenvalue weighted by Crippen LogP contribution is 2.70. The summed E-state index contributed by atoms with van der Waals surface area (Å²) in [5, 5.41) is 36.7. The molecular formula is C29H45FN2O8. The molecule has 226 valence electrons. The molecule has 10 nitrogen and oxygen atoms in total. The maximum Gasteiger partial charge on any atom is 0.427 e. The molecule has 4 rings (SSSR count). The summed E-state index contributed by atoms with van der Waals surface area (Å²) in [6.45, 7) is 5.59. The van der Waals surface area contributed by atoms with Crippen molar-refractivity contribution in [3.63, 3.8) is 0 Å². The third-order valence-corrected chi connectivity index (χ3v) is 9.97. The summed E-state index contributed by atoms with van der Waals surface area (Å²) in [5.41, 5.74) is -2.56. The molecular weight excluding hydrogens is 523 g/mol. The number of hydrogen-bond donors (Lipinski definition) is 4. The van der Waals surface area contributed by atoms with Crippen molar-refractivity contribution < 1.29 is 43.5 Å². The molecule has 3 saturated carbocycles. The number of ketones is 1. The van der Waals surface area contributed by atoms with Crippen molar-refractivity contribution in [2.45, 2.75) is 71.3 Å². The number of aliphatic hydroxyl groups is 3. The van der Waals surface area contributed by atoms with E-state index in [4.69, 9.17) is 14.2 Å². The number of halogens is 1. The second kappa shape index (κ2) is 12.0. The van der Waals surface area contributed by atoms with Crippen LogP contribution in [0.3, 0.4) is 0 Å². The SMILES string of the molecule is C.COCCOCCOC(=O)N/N=C1\C=C[C@@]2(C)C(=C1)CC[C@H]1[C@@H]3C[C@@H](C)[C@](O)(C(=O)CO)[C@@]3(C)C[C@H](O)[C@@]12F. The van der Waals surface area contributed by atoms with Crippen LogP contribution in [0.4, 0.5) is 9.18 Å². The zero-order valence-electron chi connectivity index (χ0n) is 23.1. The molecule has 0 bridgehead atoms. The van der Waals surface area contributed by atoms with Gasteiger partial charge in [-0.3, -0.25) is 4.79 Å². The van der Waals surface area contributed by atoms with Crippen LogP contribution in [0.5, 0.6) is 0 Å². The summed E-state index contributed by atoms with van der Waals surface area (Å²) in [4.78, 5) is 24.7. The number of fused-ring (bicyclic) bond motifs is 5. The van der Waals surface area contributed by atoms with Crippen LogP contribution in [-0.2, 0) is 19.0 Å². The first-order valence-corrected chi connectivity index (χ1v) is 13.6. The number of carbonyl (C=O) groups is 2. The fraction of sp³-hybridized carbons (Fsp3) is 0.759. The monoisotopic (exact) mass is 568 g/mol. The maximum atomic E-state index is 17.4. The van der Waals surface area contributed by atoms with Crippen LogP contribution in [-0.4, -0.2) is 90.4 Å². The lowest BCUT2D eigenvalue weighted by Gasteiger charge is -2.62. The molecule has 0 aromatic heterocycles. The van der Waals surface area contributed by atoms with Gasteiger partial charge in [0.15, 0.2) is 11.5 Å². The number of hydrazone groups is 1. The van der Waals surface area contributed by atoms with Gasteiger partial charge in [0.2, 0.25) is 0 Å². The van der Waals surface area contributed by atoms with Crippen LogP contribution in [0.25, 0.3) is 0 Å². The zero-order chi connectivity index (χ0) is 28.6. The van der Waals surface area contributed by atoms with E-state index in [1.165, 1.54) is 0 Å². The minimum atomic E-state index is -2.04. The van der Waals surface area contributed by atoms with Gasteiger partial charge in [-0.25, -0.2) is 14.6 Å². The lowest BCUT2D eigenvalue weighted by molar-refractivity contribution is -0.219.